The molecular formula is C39H28N4O12. The Labute approximate surface area is 311 Å². The van der Waals surface area contributed by atoms with E-state index in [1.807, 2.05) is 0 Å². The summed E-state index contributed by atoms with van der Waals surface area (Å²) in [7, 11) is 0. The largest absolute Gasteiger partial charge is 0.423 e. The van der Waals surface area contributed by atoms with Crippen LogP contribution >= 0.6 is 0 Å². The van der Waals surface area contributed by atoms with Gasteiger partial charge in [0.25, 0.3) is 47.3 Å². The molecule has 8 amide bonds. The number of amides is 8. The van der Waals surface area contributed by atoms with Gasteiger partial charge < -0.3 is 9.47 Å². The van der Waals surface area contributed by atoms with Gasteiger partial charge in [0.1, 0.15) is 24.8 Å². The highest BCUT2D eigenvalue weighted by Crippen LogP contribution is 2.31. The second kappa shape index (κ2) is 12.9. The SMILES string of the molecule is CC1=C(C)C(=O)N(CN2C(=O)c3ccc(C(=O)Oc4ccc(OC(=O)c5ccc6c(c5)C(=O)N(CN5C(=O)C(C)=C(C)C5=O)C6=O)c(C)c4)cc3C2=O)C1=O. The molecular weight excluding hydrogens is 716 g/mol. The molecule has 0 bridgehead atoms. The maximum Gasteiger partial charge on any atom is 0.343 e. The molecule has 0 fully saturated rings. The van der Waals surface area contributed by atoms with Crippen molar-refractivity contribution in [3.8, 4) is 11.5 Å². The van der Waals surface area contributed by atoms with Gasteiger partial charge in [-0.15, -0.1) is 0 Å². The Morgan fingerprint density at radius 2 is 0.800 bits per heavy atom. The Morgan fingerprint density at radius 1 is 0.436 bits per heavy atom. The molecule has 0 unspecified atom stereocenters. The number of esters is 2. The highest BCUT2D eigenvalue weighted by Gasteiger charge is 2.43. The minimum Gasteiger partial charge on any atom is -0.423 e. The Balaban J connectivity index is 0.997. The summed E-state index contributed by atoms with van der Waals surface area (Å²) in [5, 5.41) is 0. The number of carbonyl (C=O) groups excluding carboxylic acids is 10. The summed E-state index contributed by atoms with van der Waals surface area (Å²) in [5.41, 5.74) is 0.852. The van der Waals surface area contributed by atoms with Crippen molar-refractivity contribution in [2.45, 2.75) is 34.6 Å². The number of hydrogen-bond donors (Lipinski definition) is 0. The number of fused-ring (bicyclic) bond motifs is 2. The number of imide groups is 4. The molecule has 0 atom stereocenters. The smallest absolute Gasteiger partial charge is 0.343 e. The topological polar surface area (TPSA) is 202 Å². The Morgan fingerprint density at radius 3 is 1.20 bits per heavy atom. The van der Waals surface area contributed by atoms with Crippen LogP contribution < -0.4 is 9.47 Å². The fraction of sp³-hybridized carbons (Fsp3) is 0.179. The molecule has 7 rings (SSSR count). The fourth-order valence-corrected chi connectivity index (χ4v) is 6.39. The highest BCUT2D eigenvalue weighted by atomic mass is 16.5. The summed E-state index contributed by atoms with van der Waals surface area (Å²) in [5.74, 6) is -7.13. The predicted octanol–water partition coefficient (Wildman–Crippen LogP) is 2.95. The van der Waals surface area contributed by atoms with Gasteiger partial charge >= 0.3 is 11.9 Å². The first-order valence-electron chi connectivity index (χ1n) is 16.6. The van der Waals surface area contributed by atoms with Crippen molar-refractivity contribution in [2.24, 2.45) is 0 Å². The average molecular weight is 745 g/mol. The third-order valence-corrected chi connectivity index (χ3v) is 9.93. The lowest BCUT2D eigenvalue weighted by Gasteiger charge is -2.21. The molecule has 4 aliphatic heterocycles. The second-order valence-electron chi connectivity index (χ2n) is 13.2. The minimum absolute atomic E-state index is 0.0150. The number of benzene rings is 3. The number of nitrogens with zero attached hydrogens (tertiary/aromatic N) is 4. The van der Waals surface area contributed by atoms with E-state index in [9.17, 15) is 47.9 Å². The van der Waals surface area contributed by atoms with Crippen LogP contribution in [0.2, 0.25) is 0 Å². The quantitative estimate of drug-likeness (QED) is 0.186. The molecule has 276 valence electrons. The normalized spacial score (nSPS) is 16.7. The molecule has 0 N–H and O–H groups in total. The summed E-state index contributed by atoms with van der Waals surface area (Å²) >= 11 is 0. The zero-order chi connectivity index (χ0) is 39.8. The molecule has 55 heavy (non-hydrogen) atoms. The van der Waals surface area contributed by atoms with E-state index < -0.39 is 72.5 Å². The Hall–Kier alpha value is -7.36. The lowest BCUT2D eigenvalue weighted by Crippen LogP contribution is -2.44. The summed E-state index contributed by atoms with van der Waals surface area (Å²) in [6.07, 6.45) is 0. The number of carbonyl (C=O) groups is 10. The van der Waals surface area contributed by atoms with E-state index in [2.05, 4.69) is 0 Å². The number of hydrogen-bond acceptors (Lipinski definition) is 12. The molecule has 0 spiro atoms. The van der Waals surface area contributed by atoms with Crippen LogP contribution in [-0.2, 0) is 19.2 Å². The maximum absolute atomic E-state index is 13.2. The van der Waals surface area contributed by atoms with Gasteiger partial charge in [0, 0.05) is 22.3 Å². The van der Waals surface area contributed by atoms with Gasteiger partial charge in [-0.05, 0) is 94.8 Å². The second-order valence-corrected chi connectivity index (χ2v) is 13.2. The lowest BCUT2D eigenvalue weighted by atomic mass is 10.1. The van der Waals surface area contributed by atoms with Crippen molar-refractivity contribution in [1.29, 1.82) is 0 Å². The lowest BCUT2D eigenvalue weighted by molar-refractivity contribution is -0.140. The van der Waals surface area contributed by atoms with Crippen LogP contribution in [0, 0.1) is 6.92 Å². The van der Waals surface area contributed by atoms with Crippen LogP contribution in [0.5, 0.6) is 11.5 Å². The molecule has 0 aromatic heterocycles. The van der Waals surface area contributed by atoms with E-state index in [-0.39, 0.29) is 67.2 Å². The van der Waals surface area contributed by atoms with Gasteiger partial charge in [-0.25, -0.2) is 9.59 Å². The molecule has 0 saturated carbocycles. The minimum atomic E-state index is -0.877. The molecule has 3 aromatic rings. The van der Waals surface area contributed by atoms with E-state index in [0.29, 0.717) is 5.56 Å². The van der Waals surface area contributed by atoms with Gasteiger partial charge in [0.05, 0.1) is 33.4 Å². The fourth-order valence-electron chi connectivity index (χ4n) is 6.39. The van der Waals surface area contributed by atoms with Crippen molar-refractivity contribution in [3.05, 3.63) is 116 Å². The summed E-state index contributed by atoms with van der Waals surface area (Å²) in [4.78, 5) is 132. The van der Waals surface area contributed by atoms with Crippen molar-refractivity contribution >= 4 is 59.2 Å². The number of rotatable bonds is 8. The summed E-state index contributed by atoms with van der Waals surface area (Å²) in [6.45, 7) is 6.31. The molecule has 4 heterocycles. The van der Waals surface area contributed by atoms with Crippen LogP contribution in [0.3, 0.4) is 0 Å². The van der Waals surface area contributed by atoms with Gasteiger partial charge in [0.2, 0.25) is 0 Å². The Bertz CT molecular complexity index is 2460. The predicted molar refractivity (Wildman–Crippen MR) is 185 cm³/mol. The third-order valence-electron chi connectivity index (χ3n) is 9.93. The van der Waals surface area contributed by atoms with Gasteiger partial charge in [-0.1, -0.05) is 0 Å². The van der Waals surface area contributed by atoms with Crippen LogP contribution in [0.25, 0.3) is 0 Å². The molecule has 16 heteroatoms. The summed E-state index contributed by atoms with van der Waals surface area (Å²) < 4.78 is 11.0. The van der Waals surface area contributed by atoms with Crippen LogP contribution in [0.15, 0.2) is 76.9 Å². The van der Waals surface area contributed by atoms with E-state index in [1.165, 1.54) is 82.3 Å². The Kier molecular flexibility index (Phi) is 8.48. The van der Waals surface area contributed by atoms with E-state index in [4.69, 9.17) is 9.47 Å². The van der Waals surface area contributed by atoms with Gasteiger partial charge in [-0.3, -0.25) is 58.0 Å². The molecule has 16 nitrogen and oxygen atoms in total. The van der Waals surface area contributed by atoms with Crippen molar-refractivity contribution in [2.75, 3.05) is 13.3 Å². The first-order valence-corrected chi connectivity index (χ1v) is 16.6. The summed E-state index contributed by atoms with van der Waals surface area (Å²) in [6, 6.07) is 11.6. The van der Waals surface area contributed by atoms with E-state index in [1.54, 1.807) is 6.92 Å². The maximum atomic E-state index is 13.2. The molecule has 0 aliphatic carbocycles. The standard InChI is InChI=1S/C39H28N4O12/c1-17-12-24(54-38(52)22-6-9-25-27(13-22)36(50)42(34(25)48)15-40-30(44)18(2)19(3)31(40)45)8-11-29(17)55-39(53)23-7-10-26-28(14-23)37(51)43(35(26)49)16-41-32(46)20(4)21(5)33(41)47/h6-14H,15-16H2,1-5H3. The first kappa shape index (κ1) is 36.0. The van der Waals surface area contributed by atoms with Crippen LogP contribution in [0.4, 0.5) is 0 Å². The molecule has 0 saturated heterocycles. The van der Waals surface area contributed by atoms with Crippen LogP contribution in [0.1, 0.15) is 95.4 Å². The van der Waals surface area contributed by atoms with Crippen LogP contribution in [-0.4, -0.2) is 92.1 Å². The van der Waals surface area contributed by atoms with Crippen molar-refractivity contribution in [1.82, 2.24) is 19.6 Å². The molecule has 4 aliphatic rings. The monoisotopic (exact) mass is 744 g/mol. The number of ether oxygens (including phenoxy) is 2. The zero-order valence-electron chi connectivity index (χ0n) is 29.8. The molecule has 3 aromatic carbocycles. The average Bonchev–Trinajstić information content (AvgIpc) is 3.70. The van der Waals surface area contributed by atoms with Gasteiger partial charge in [0.15, 0.2) is 0 Å². The molecule has 0 radical (unpaired) electrons. The number of aryl methyl sites for hydroxylation is 1. The van der Waals surface area contributed by atoms with Crippen molar-refractivity contribution < 1.29 is 57.4 Å². The highest BCUT2D eigenvalue weighted by molar-refractivity contribution is 6.25. The first-order chi connectivity index (χ1) is 26.0. The third kappa shape index (κ3) is 5.70. The van der Waals surface area contributed by atoms with Crippen molar-refractivity contribution in [3.63, 3.8) is 0 Å². The van der Waals surface area contributed by atoms with Gasteiger partial charge in [-0.2, -0.15) is 0 Å². The van der Waals surface area contributed by atoms with E-state index >= 15 is 0 Å². The van der Waals surface area contributed by atoms with E-state index in [0.717, 1.165) is 19.6 Å². The zero-order valence-corrected chi connectivity index (χ0v) is 29.8.